The van der Waals surface area contributed by atoms with Crippen LogP contribution in [0.2, 0.25) is 0 Å². The summed E-state index contributed by atoms with van der Waals surface area (Å²) in [5.74, 6) is -0.328. The van der Waals surface area contributed by atoms with Crippen LogP contribution in [0.1, 0.15) is 4.88 Å². The van der Waals surface area contributed by atoms with Crippen LogP contribution in [0.25, 0.3) is 10.1 Å². The molecule has 3 aromatic rings. The first-order valence-corrected chi connectivity index (χ1v) is 7.60. The first-order valence-electron chi connectivity index (χ1n) is 6.79. The smallest absolute Gasteiger partial charge is 0.299 e. The molecule has 0 bridgehead atoms. The molecule has 3 rings (SSSR count). The number of hydrogen-bond acceptors (Lipinski definition) is 6. The summed E-state index contributed by atoms with van der Waals surface area (Å²) in [5.41, 5.74) is -0.518. The number of nitrogens with zero attached hydrogens (tertiary/aromatic N) is 2. The summed E-state index contributed by atoms with van der Waals surface area (Å²) in [6.07, 6.45) is 0. The first-order chi connectivity index (χ1) is 11.4. The van der Waals surface area contributed by atoms with Crippen LogP contribution in [0.3, 0.4) is 0 Å². The third-order valence-corrected chi connectivity index (χ3v) is 4.49. The molecule has 0 amide bonds. The molecule has 0 radical (unpaired) electrons. The van der Waals surface area contributed by atoms with Crippen LogP contribution in [-0.2, 0) is 6.54 Å². The van der Waals surface area contributed by atoms with E-state index in [1.807, 2.05) is 0 Å². The molecule has 24 heavy (non-hydrogen) atoms. The van der Waals surface area contributed by atoms with Crippen molar-refractivity contribution in [3.63, 3.8) is 0 Å². The number of thiophene rings is 1. The number of halogens is 1. The van der Waals surface area contributed by atoms with Gasteiger partial charge in [0, 0.05) is 22.2 Å². The minimum absolute atomic E-state index is 0.189. The van der Waals surface area contributed by atoms with Crippen molar-refractivity contribution in [2.45, 2.75) is 6.54 Å². The maximum atomic E-state index is 13.2. The second kappa shape index (κ2) is 6.20. The Bertz CT molecular complexity index is 957. The van der Waals surface area contributed by atoms with Crippen molar-refractivity contribution in [1.82, 2.24) is 0 Å². The molecule has 1 aromatic heterocycles. The molecule has 0 aliphatic heterocycles. The highest BCUT2D eigenvalue weighted by Gasteiger charge is 2.19. The molecule has 1 heterocycles. The average Bonchev–Trinajstić information content (AvgIpc) is 2.94. The van der Waals surface area contributed by atoms with E-state index in [9.17, 15) is 24.6 Å². The Morgan fingerprint density at radius 1 is 1.04 bits per heavy atom. The molecular formula is C15H10FN3O4S. The highest BCUT2D eigenvalue weighted by Crippen LogP contribution is 2.31. The number of non-ortho nitro benzene ring substituents is 1. The van der Waals surface area contributed by atoms with Crippen LogP contribution >= 0.6 is 11.3 Å². The van der Waals surface area contributed by atoms with Crippen molar-refractivity contribution in [3.8, 4) is 0 Å². The summed E-state index contributed by atoms with van der Waals surface area (Å²) in [7, 11) is 0. The maximum absolute atomic E-state index is 13.2. The highest BCUT2D eigenvalue weighted by atomic mass is 32.1. The minimum atomic E-state index is -0.683. The van der Waals surface area contributed by atoms with E-state index in [0.717, 1.165) is 21.0 Å². The quantitative estimate of drug-likeness (QED) is 0.542. The zero-order valence-corrected chi connectivity index (χ0v) is 12.9. The van der Waals surface area contributed by atoms with Gasteiger partial charge in [0.15, 0.2) is 0 Å². The van der Waals surface area contributed by atoms with Crippen molar-refractivity contribution in [3.05, 3.63) is 73.4 Å². The second-order valence-electron chi connectivity index (χ2n) is 4.96. The zero-order valence-electron chi connectivity index (χ0n) is 12.1. The molecule has 2 aromatic carbocycles. The molecule has 0 aliphatic rings. The summed E-state index contributed by atoms with van der Waals surface area (Å²) >= 11 is 1.44. The third-order valence-electron chi connectivity index (χ3n) is 3.37. The van der Waals surface area contributed by atoms with Gasteiger partial charge in [-0.3, -0.25) is 20.2 Å². The molecule has 0 atom stereocenters. The number of nitro benzene ring substituents is 2. The van der Waals surface area contributed by atoms with Crippen LogP contribution in [0.5, 0.6) is 0 Å². The number of anilines is 1. The number of fused-ring (bicyclic) bond motifs is 1. The van der Waals surface area contributed by atoms with E-state index >= 15 is 0 Å². The fraction of sp³-hybridized carbons (Fsp3) is 0.0667. The summed E-state index contributed by atoms with van der Waals surface area (Å²) in [6, 6.07) is 9.70. The van der Waals surface area contributed by atoms with Gasteiger partial charge in [-0.15, -0.1) is 11.3 Å². The Kier molecular flexibility index (Phi) is 4.09. The van der Waals surface area contributed by atoms with Gasteiger partial charge < -0.3 is 5.32 Å². The molecule has 1 N–H and O–H groups in total. The third kappa shape index (κ3) is 3.15. The second-order valence-corrected chi connectivity index (χ2v) is 6.13. The molecule has 9 heteroatoms. The number of hydrogen-bond donors (Lipinski definition) is 1. The van der Waals surface area contributed by atoms with Crippen LogP contribution in [0.15, 0.2) is 42.5 Å². The summed E-state index contributed by atoms with van der Waals surface area (Å²) in [6.45, 7) is 0.291. The van der Waals surface area contributed by atoms with Crippen molar-refractivity contribution in [2.75, 3.05) is 5.32 Å². The normalized spacial score (nSPS) is 10.7. The van der Waals surface area contributed by atoms with Gasteiger partial charge in [0.25, 0.3) is 11.4 Å². The van der Waals surface area contributed by atoms with E-state index in [0.29, 0.717) is 6.54 Å². The predicted octanol–water partition coefficient (Wildman–Crippen LogP) is 4.47. The van der Waals surface area contributed by atoms with Crippen LogP contribution < -0.4 is 5.32 Å². The van der Waals surface area contributed by atoms with Crippen molar-refractivity contribution in [2.24, 2.45) is 0 Å². The molecule has 0 aliphatic carbocycles. The van der Waals surface area contributed by atoms with Gasteiger partial charge in [0.1, 0.15) is 11.5 Å². The van der Waals surface area contributed by atoms with Gasteiger partial charge in [0.05, 0.1) is 15.9 Å². The number of rotatable bonds is 5. The molecule has 0 unspecified atom stereocenters. The fourth-order valence-corrected chi connectivity index (χ4v) is 3.26. The minimum Gasteiger partial charge on any atom is -0.375 e. The van der Waals surface area contributed by atoms with Gasteiger partial charge in [0.2, 0.25) is 0 Å². The van der Waals surface area contributed by atoms with Gasteiger partial charge in [-0.1, -0.05) is 0 Å². The Balaban J connectivity index is 1.84. The van der Waals surface area contributed by atoms with Gasteiger partial charge in [-0.2, -0.15) is 0 Å². The number of nitro groups is 2. The maximum Gasteiger partial charge on any atom is 0.299 e. The molecular weight excluding hydrogens is 337 g/mol. The van der Waals surface area contributed by atoms with Crippen molar-refractivity contribution >= 4 is 38.5 Å². The van der Waals surface area contributed by atoms with E-state index in [1.54, 1.807) is 12.1 Å². The van der Waals surface area contributed by atoms with E-state index in [-0.39, 0.29) is 22.9 Å². The lowest BCUT2D eigenvalue weighted by Crippen LogP contribution is -2.02. The molecule has 0 spiro atoms. The highest BCUT2D eigenvalue weighted by molar-refractivity contribution is 7.19. The summed E-state index contributed by atoms with van der Waals surface area (Å²) < 4.78 is 14.1. The lowest BCUT2D eigenvalue weighted by atomic mass is 10.2. The van der Waals surface area contributed by atoms with Crippen molar-refractivity contribution < 1.29 is 14.2 Å². The molecule has 0 saturated carbocycles. The van der Waals surface area contributed by atoms with E-state index in [4.69, 9.17) is 0 Å². The molecule has 122 valence electrons. The van der Waals surface area contributed by atoms with Crippen molar-refractivity contribution in [1.29, 1.82) is 0 Å². The summed E-state index contributed by atoms with van der Waals surface area (Å²) in [5, 5.41) is 25.5. The zero-order chi connectivity index (χ0) is 17.3. The van der Waals surface area contributed by atoms with E-state index in [2.05, 4.69) is 5.32 Å². The van der Waals surface area contributed by atoms with Crippen LogP contribution in [-0.4, -0.2) is 9.85 Å². The van der Waals surface area contributed by atoms with Crippen LogP contribution in [0.4, 0.5) is 21.5 Å². The predicted molar refractivity (Wildman–Crippen MR) is 88.9 cm³/mol. The lowest BCUT2D eigenvalue weighted by molar-refractivity contribution is -0.393. The van der Waals surface area contributed by atoms with E-state index < -0.39 is 9.85 Å². The van der Waals surface area contributed by atoms with Gasteiger partial charge in [-0.25, -0.2) is 4.39 Å². The Hall–Kier alpha value is -3.07. The number of benzene rings is 2. The Morgan fingerprint density at radius 2 is 1.83 bits per heavy atom. The molecule has 0 saturated heterocycles. The monoisotopic (exact) mass is 347 g/mol. The largest absolute Gasteiger partial charge is 0.375 e. The topological polar surface area (TPSA) is 98.3 Å². The standard InChI is InChI=1S/C15H10FN3O4S/c16-10-1-4-15-9(5-10)6-12(24-15)8-17-13-3-2-11(18(20)21)7-14(13)19(22)23/h1-7,17H,8H2. The Labute approximate surface area is 138 Å². The van der Waals surface area contributed by atoms with E-state index in [1.165, 1.54) is 35.6 Å². The first kappa shape index (κ1) is 15.8. The Morgan fingerprint density at radius 3 is 2.54 bits per heavy atom. The number of nitrogens with one attached hydrogen (secondary N) is 1. The van der Waals surface area contributed by atoms with Gasteiger partial charge in [-0.05, 0) is 35.7 Å². The SMILES string of the molecule is O=[N+]([O-])c1ccc(NCc2cc3cc(F)ccc3s2)c([N+](=O)[O-])c1. The molecule has 7 nitrogen and oxygen atoms in total. The lowest BCUT2D eigenvalue weighted by Gasteiger charge is -2.05. The summed E-state index contributed by atoms with van der Waals surface area (Å²) in [4.78, 5) is 21.3. The average molecular weight is 347 g/mol. The van der Waals surface area contributed by atoms with Crippen LogP contribution in [0, 0.1) is 26.0 Å². The van der Waals surface area contributed by atoms with Gasteiger partial charge >= 0.3 is 0 Å². The molecule has 0 fully saturated rings. The fourth-order valence-electron chi connectivity index (χ4n) is 2.27.